The first-order valence-corrected chi connectivity index (χ1v) is 17.7. The third kappa shape index (κ3) is 38.4. The zero-order valence-corrected chi connectivity index (χ0v) is 31.4. The number of unbranched alkanes of at least 4 members (excludes halogenated alkanes) is 23. The Morgan fingerprint density at radius 3 is 0.974 bits per heavy atom. The molecule has 0 atom stereocenters. The molecule has 0 unspecified atom stereocenters. The van der Waals surface area contributed by atoms with E-state index in [9.17, 15) is 4.79 Å². The minimum absolute atomic E-state index is 0. The van der Waals surface area contributed by atoms with Crippen LogP contribution in [0.5, 0.6) is 0 Å². The Bertz CT molecular complexity index is 463. The van der Waals surface area contributed by atoms with E-state index < -0.39 is 0 Å². The number of hydrogen-bond acceptors (Lipinski definition) is 2. The van der Waals surface area contributed by atoms with Gasteiger partial charge in [-0.15, -0.1) is 0 Å². The summed E-state index contributed by atoms with van der Waals surface area (Å²) >= 11 is 0. The fourth-order valence-electron chi connectivity index (χ4n) is 5.45. The summed E-state index contributed by atoms with van der Waals surface area (Å²) in [6.07, 6.45) is 37.3. The number of carbonyl (C=O) groups excluding carboxylic acids is 1. The van der Waals surface area contributed by atoms with Gasteiger partial charge in [0.05, 0.1) is 6.61 Å². The third-order valence-corrected chi connectivity index (χ3v) is 8.10. The number of hydrogen-bond donors (Lipinski definition) is 0. The second-order valence-corrected chi connectivity index (χ2v) is 13.2. The van der Waals surface area contributed by atoms with Gasteiger partial charge in [-0.25, -0.2) is 0 Å². The van der Waals surface area contributed by atoms with Crippen LogP contribution in [0.1, 0.15) is 207 Å². The maximum atomic E-state index is 11.9. The molecule has 0 rings (SSSR count). The Morgan fingerprint density at radius 2 is 0.667 bits per heavy atom. The molecule has 0 spiro atoms. The van der Waals surface area contributed by atoms with Crippen LogP contribution < -0.4 is 0 Å². The molecule has 0 heterocycles. The quantitative estimate of drug-likeness (QED) is 0.0401. The van der Waals surface area contributed by atoms with Crippen molar-refractivity contribution in [3.63, 3.8) is 0 Å². The Balaban J connectivity index is 0. The zero-order chi connectivity index (χ0) is 27.9. The van der Waals surface area contributed by atoms with Crippen molar-refractivity contribution in [2.45, 2.75) is 207 Å². The smallest absolute Gasteiger partial charge is 0.305 e. The van der Waals surface area contributed by atoms with E-state index in [4.69, 9.17) is 4.74 Å². The van der Waals surface area contributed by atoms with Crippen molar-refractivity contribution < 1.29 is 9.53 Å². The molecule has 4 radical (unpaired) electrons. The SMILES string of the molecule is CC(C)CCCCCCCCCCCCCCCOC(=O)CCCCCCCCCCCCCCC(C)C.[Pb]. The average Bonchev–Trinajstić information content (AvgIpc) is 2.88. The molecule has 2 nitrogen and oxygen atoms in total. The van der Waals surface area contributed by atoms with E-state index in [1.807, 2.05) is 0 Å². The first kappa shape index (κ1) is 41.5. The monoisotopic (exact) mass is 745 g/mol. The van der Waals surface area contributed by atoms with Crippen LogP contribution in [0.2, 0.25) is 0 Å². The van der Waals surface area contributed by atoms with Crippen LogP contribution in [0.25, 0.3) is 0 Å². The van der Waals surface area contributed by atoms with E-state index in [1.165, 1.54) is 161 Å². The molecule has 0 aromatic heterocycles. The van der Waals surface area contributed by atoms with Crippen molar-refractivity contribution >= 4 is 33.3 Å². The van der Waals surface area contributed by atoms with Crippen molar-refractivity contribution in [1.29, 1.82) is 0 Å². The molecule has 0 saturated carbocycles. The van der Waals surface area contributed by atoms with Crippen LogP contribution in [0.15, 0.2) is 0 Å². The number of esters is 1. The van der Waals surface area contributed by atoms with Crippen molar-refractivity contribution in [1.82, 2.24) is 0 Å². The van der Waals surface area contributed by atoms with Crippen LogP contribution in [0.4, 0.5) is 0 Å². The van der Waals surface area contributed by atoms with Crippen molar-refractivity contribution in [3.05, 3.63) is 0 Å². The number of rotatable bonds is 31. The molecule has 0 aliphatic carbocycles. The normalized spacial score (nSPS) is 11.3. The van der Waals surface area contributed by atoms with E-state index in [2.05, 4.69) is 27.7 Å². The zero-order valence-electron chi connectivity index (χ0n) is 27.5. The summed E-state index contributed by atoms with van der Waals surface area (Å²) in [4.78, 5) is 11.9. The number of carbonyl (C=O) groups is 1. The summed E-state index contributed by atoms with van der Waals surface area (Å²) < 4.78 is 5.44. The van der Waals surface area contributed by atoms with Gasteiger partial charge in [-0.2, -0.15) is 0 Å². The summed E-state index contributed by atoms with van der Waals surface area (Å²) in [6.45, 7) is 9.95. The van der Waals surface area contributed by atoms with E-state index >= 15 is 0 Å². The van der Waals surface area contributed by atoms with Gasteiger partial charge in [-0.1, -0.05) is 188 Å². The van der Waals surface area contributed by atoms with Gasteiger partial charge in [0.25, 0.3) is 0 Å². The van der Waals surface area contributed by atoms with Crippen LogP contribution in [0, 0.1) is 11.8 Å². The second-order valence-electron chi connectivity index (χ2n) is 13.2. The van der Waals surface area contributed by atoms with Crippen molar-refractivity contribution in [3.8, 4) is 0 Å². The second kappa shape index (κ2) is 34.6. The van der Waals surface area contributed by atoms with Gasteiger partial charge in [-0.05, 0) is 24.7 Å². The van der Waals surface area contributed by atoms with Gasteiger partial charge >= 0.3 is 5.97 Å². The standard InChI is InChI=1S/C36H72O2.Pb/c1-34(2)30-26-22-18-14-10-6-5-9-13-17-21-25-29-33-38-36(37)32-28-24-20-16-12-8-7-11-15-19-23-27-31-35(3)4;/h34-35H,5-33H2,1-4H3;. The van der Waals surface area contributed by atoms with Gasteiger partial charge in [-0.3, -0.25) is 4.79 Å². The van der Waals surface area contributed by atoms with Crippen LogP contribution in [-0.2, 0) is 9.53 Å². The van der Waals surface area contributed by atoms with E-state index in [-0.39, 0.29) is 33.3 Å². The van der Waals surface area contributed by atoms with Gasteiger partial charge < -0.3 is 4.74 Å². The Morgan fingerprint density at radius 1 is 0.410 bits per heavy atom. The average molecular weight is 744 g/mol. The molecule has 0 bridgehead atoms. The minimum Gasteiger partial charge on any atom is -0.466 e. The molecule has 0 aliphatic rings. The van der Waals surface area contributed by atoms with Crippen LogP contribution >= 0.6 is 0 Å². The third-order valence-electron chi connectivity index (χ3n) is 8.10. The van der Waals surface area contributed by atoms with Crippen LogP contribution in [0.3, 0.4) is 0 Å². The van der Waals surface area contributed by atoms with E-state index in [1.54, 1.807) is 0 Å². The van der Waals surface area contributed by atoms with E-state index in [0.717, 1.165) is 24.7 Å². The van der Waals surface area contributed by atoms with E-state index in [0.29, 0.717) is 13.0 Å². The largest absolute Gasteiger partial charge is 0.466 e. The summed E-state index contributed by atoms with van der Waals surface area (Å²) in [5.74, 6) is 1.77. The Labute approximate surface area is 267 Å². The fourth-order valence-corrected chi connectivity index (χ4v) is 5.45. The number of ether oxygens (including phenoxy) is 1. The molecule has 0 saturated heterocycles. The van der Waals surface area contributed by atoms with Crippen molar-refractivity contribution in [2.24, 2.45) is 11.8 Å². The van der Waals surface area contributed by atoms with Gasteiger partial charge in [0.2, 0.25) is 0 Å². The summed E-state index contributed by atoms with van der Waals surface area (Å²) in [5.41, 5.74) is 0. The van der Waals surface area contributed by atoms with Gasteiger partial charge in [0.15, 0.2) is 0 Å². The molecule has 39 heavy (non-hydrogen) atoms. The molecular weight excluding hydrogens is 672 g/mol. The molecule has 0 aromatic carbocycles. The van der Waals surface area contributed by atoms with Crippen LogP contribution in [-0.4, -0.2) is 39.9 Å². The van der Waals surface area contributed by atoms with Crippen molar-refractivity contribution in [2.75, 3.05) is 6.61 Å². The first-order chi connectivity index (χ1) is 18.5. The summed E-state index contributed by atoms with van der Waals surface area (Å²) in [5, 5.41) is 0. The molecular formula is C36H72O2Pb. The Hall–Kier alpha value is 0.392. The first-order valence-electron chi connectivity index (χ1n) is 17.7. The molecule has 0 N–H and O–H groups in total. The minimum atomic E-state index is 0. The van der Waals surface area contributed by atoms with Gasteiger partial charge in [0, 0.05) is 33.7 Å². The topological polar surface area (TPSA) is 26.3 Å². The molecule has 3 heteroatoms. The predicted molar refractivity (Wildman–Crippen MR) is 176 cm³/mol. The summed E-state index contributed by atoms with van der Waals surface area (Å²) in [7, 11) is 0. The maximum absolute atomic E-state index is 11.9. The van der Waals surface area contributed by atoms with Gasteiger partial charge in [0.1, 0.15) is 0 Å². The fraction of sp³-hybridized carbons (Fsp3) is 0.972. The molecule has 0 fully saturated rings. The predicted octanol–water partition coefficient (Wildman–Crippen LogP) is 12.4. The molecule has 0 aromatic rings. The molecule has 0 aliphatic heterocycles. The Kier molecular flexibility index (Phi) is 36.8. The molecule has 232 valence electrons. The molecule has 0 amide bonds. The maximum Gasteiger partial charge on any atom is 0.305 e. The summed E-state index contributed by atoms with van der Waals surface area (Å²) in [6, 6.07) is 0.